The minimum atomic E-state index is 0.265. The summed E-state index contributed by atoms with van der Waals surface area (Å²) in [5.41, 5.74) is 6.76. The van der Waals surface area contributed by atoms with Crippen molar-refractivity contribution in [3.8, 4) is 39.7 Å². The minimum absolute atomic E-state index is 0.265. The molecule has 0 atom stereocenters. The zero-order valence-electron chi connectivity index (χ0n) is 20.1. The van der Waals surface area contributed by atoms with Crippen molar-refractivity contribution in [1.29, 1.82) is 0 Å². The lowest BCUT2D eigenvalue weighted by molar-refractivity contribution is 0.154. The first-order valence-electron chi connectivity index (χ1n) is 12.5. The second-order valence-electron chi connectivity index (χ2n) is 9.38. The topological polar surface area (TPSA) is 118 Å². The molecule has 37 heavy (non-hydrogen) atoms. The highest BCUT2D eigenvalue weighted by atomic mass is 16.5. The van der Waals surface area contributed by atoms with Gasteiger partial charge in [-0.2, -0.15) is 5.10 Å². The number of nitrogens with one attached hydrogen (secondary N) is 2. The summed E-state index contributed by atoms with van der Waals surface area (Å²) in [4.78, 5) is 26.0. The van der Waals surface area contributed by atoms with E-state index in [9.17, 15) is 0 Å². The molecule has 6 aromatic heterocycles. The number of ether oxygens (including phenoxy) is 1. The molecule has 0 amide bonds. The first-order chi connectivity index (χ1) is 18.3. The Morgan fingerprint density at radius 3 is 2.62 bits per heavy atom. The fourth-order valence-electron chi connectivity index (χ4n) is 5.03. The molecule has 1 aliphatic rings. The summed E-state index contributed by atoms with van der Waals surface area (Å²) in [6, 6.07) is 7.94. The van der Waals surface area contributed by atoms with Crippen LogP contribution < -0.4 is 4.74 Å². The van der Waals surface area contributed by atoms with Crippen LogP contribution in [0.15, 0.2) is 67.6 Å². The van der Waals surface area contributed by atoms with Crippen molar-refractivity contribution in [3.63, 3.8) is 0 Å². The van der Waals surface area contributed by atoms with E-state index in [4.69, 9.17) is 9.72 Å². The van der Waals surface area contributed by atoms with Crippen molar-refractivity contribution in [1.82, 2.24) is 40.1 Å². The lowest BCUT2D eigenvalue weighted by atomic mass is 9.98. The van der Waals surface area contributed by atoms with Gasteiger partial charge in [0.05, 0.1) is 41.4 Å². The summed E-state index contributed by atoms with van der Waals surface area (Å²) in [5.74, 6) is 1.44. The van der Waals surface area contributed by atoms with Crippen LogP contribution in [0.2, 0.25) is 0 Å². The number of hydrogen-bond donors (Lipinski definition) is 2. The number of hydrogen-bond acceptors (Lipinski definition) is 7. The predicted octanol–water partition coefficient (Wildman–Crippen LogP) is 5.73. The number of nitrogens with zero attached hydrogens (tertiary/aromatic N) is 6. The molecular weight excluding hydrogens is 464 g/mol. The van der Waals surface area contributed by atoms with Gasteiger partial charge in [0, 0.05) is 46.9 Å². The highest BCUT2D eigenvalue weighted by Crippen LogP contribution is 2.32. The van der Waals surface area contributed by atoms with Gasteiger partial charge in [0.2, 0.25) is 0 Å². The number of aromatic amines is 2. The molecule has 0 aromatic carbocycles. The maximum atomic E-state index is 6.23. The summed E-state index contributed by atoms with van der Waals surface area (Å²) in [7, 11) is 0. The third kappa shape index (κ3) is 4.08. The van der Waals surface area contributed by atoms with Crippen LogP contribution in [0, 0.1) is 0 Å². The van der Waals surface area contributed by atoms with Gasteiger partial charge in [-0.15, -0.1) is 0 Å². The molecule has 6 aromatic rings. The average molecular weight is 489 g/mol. The molecule has 0 aliphatic heterocycles. The zero-order valence-corrected chi connectivity index (χ0v) is 20.1. The molecular formula is C28H24N8O. The molecule has 7 rings (SSSR count). The first-order valence-corrected chi connectivity index (χ1v) is 12.5. The molecule has 0 spiro atoms. The Kier molecular flexibility index (Phi) is 5.31. The average Bonchev–Trinajstić information content (AvgIpc) is 3.58. The number of H-pyrrole nitrogens is 2. The van der Waals surface area contributed by atoms with Gasteiger partial charge in [-0.1, -0.05) is 12.5 Å². The van der Waals surface area contributed by atoms with Crippen LogP contribution in [0.25, 0.3) is 55.8 Å². The highest BCUT2D eigenvalue weighted by Gasteiger charge is 2.18. The van der Waals surface area contributed by atoms with Gasteiger partial charge < -0.3 is 9.72 Å². The number of fused-ring (bicyclic) bond motifs is 2. The lowest BCUT2D eigenvalue weighted by Gasteiger charge is -2.22. The molecule has 0 radical (unpaired) electrons. The molecule has 1 fully saturated rings. The summed E-state index contributed by atoms with van der Waals surface area (Å²) in [6.07, 6.45) is 18.7. The number of imidazole rings is 1. The molecule has 1 aliphatic carbocycles. The SMILES string of the molecule is c1cncc(-c2cncc3[nH]c(-c4n[nH]c5cnc(-c6cncc(OC7CCCCC7)c6)cc45)nc23)c1. The monoisotopic (exact) mass is 488 g/mol. The fraction of sp³-hybridized carbons (Fsp3) is 0.214. The summed E-state index contributed by atoms with van der Waals surface area (Å²) in [6.45, 7) is 0. The Bertz CT molecular complexity index is 1700. The molecule has 6 heterocycles. The van der Waals surface area contributed by atoms with Crippen LogP contribution in [0.1, 0.15) is 32.1 Å². The quantitative estimate of drug-likeness (QED) is 0.318. The Hall–Kier alpha value is -4.66. The highest BCUT2D eigenvalue weighted by molar-refractivity contribution is 5.97. The Balaban J connectivity index is 1.26. The molecule has 1 saturated carbocycles. The van der Waals surface area contributed by atoms with Crippen LogP contribution in [-0.2, 0) is 0 Å². The second kappa shape index (κ2) is 9.09. The summed E-state index contributed by atoms with van der Waals surface area (Å²) in [5, 5.41) is 8.56. The third-order valence-corrected chi connectivity index (χ3v) is 6.90. The fourth-order valence-corrected chi connectivity index (χ4v) is 5.03. The second-order valence-corrected chi connectivity index (χ2v) is 9.38. The van der Waals surface area contributed by atoms with Gasteiger partial charge in [0.15, 0.2) is 5.82 Å². The van der Waals surface area contributed by atoms with Crippen molar-refractivity contribution < 1.29 is 4.74 Å². The van der Waals surface area contributed by atoms with Gasteiger partial charge in [-0.3, -0.25) is 25.0 Å². The number of aromatic nitrogens is 8. The van der Waals surface area contributed by atoms with Crippen molar-refractivity contribution in [2.45, 2.75) is 38.2 Å². The lowest BCUT2D eigenvalue weighted by Crippen LogP contribution is -2.19. The van der Waals surface area contributed by atoms with Crippen LogP contribution in [0.5, 0.6) is 5.75 Å². The normalized spacial score (nSPS) is 14.4. The standard InChI is InChI=1S/C28H24N8O/c1-2-6-19(7-3-1)37-20-9-18(12-30-13-20)23-10-21-24(16-32-23)35-36-27(21)28-33-25-15-31-14-22(26(25)34-28)17-5-4-8-29-11-17/h4-5,8-16,19H,1-3,6-7H2,(H,33,34)(H,35,36). The number of rotatable bonds is 5. The van der Waals surface area contributed by atoms with Gasteiger partial charge in [-0.05, 0) is 43.9 Å². The Morgan fingerprint density at radius 1 is 0.838 bits per heavy atom. The molecule has 9 nitrogen and oxygen atoms in total. The smallest absolute Gasteiger partial charge is 0.159 e. The third-order valence-electron chi connectivity index (χ3n) is 6.90. The van der Waals surface area contributed by atoms with Gasteiger partial charge in [-0.25, -0.2) is 4.98 Å². The molecule has 0 saturated heterocycles. The van der Waals surface area contributed by atoms with Crippen LogP contribution in [0.3, 0.4) is 0 Å². The molecule has 9 heteroatoms. The van der Waals surface area contributed by atoms with Crippen molar-refractivity contribution >= 4 is 21.9 Å². The maximum Gasteiger partial charge on any atom is 0.159 e. The van der Waals surface area contributed by atoms with E-state index in [2.05, 4.69) is 35.1 Å². The van der Waals surface area contributed by atoms with E-state index in [1.54, 1.807) is 24.8 Å². The minimum Gasteiger partial charge on any atom is -0.489 e. The largest absolute Gasteiger partial charge is 0.489 e. The van der Waals surface area contributed by atoms with Crippen molar-refractivity contribution in [2.24, 2.45) is 0 Å². The predicted molar refractivity (Wildman–Crippen MR) is 141 cm³/mol. The van der Waals surface area contributed by atoms with E-state index < -0.39 is 0 Å². The number of pyridine rings is 4. The zero-order chi connectivity index (χ0) is 24.6. The van der Waals surface area contributed by atoms with E-state index in [1.165, 1.54) is 19.3 Å². The van der Waals surface area contributed by atoms with E-state index in [0.717, 1.165) is 68.6 Å². The van der Waals surface area contributed by atoms with Crippen molar-refractivity contribution in [3.05, 3.63) is 67.6 Å². The van der Waals surface area contributed by atoms with E-state index in [0.29, 0.717) is 5.82 Å². The van der Waals surface area contributed by atoms with Crippen LogP contribution >= 0.6 is 0 Å². The molecule has 0 bridgehead atoms. The molecule has 0 unspecified atom stereocenters. The van der Waals surface area contributed by atoms with E-state index >= 15 is 0 Å². The molecule has 2 N–H and O–H groups in total. The van der Waals surface area contributed by atoms with Crippen molar-refractivity contribution in [2.75, 3.05) is 0 Å². The van der Waals surface area contributed by atoms with E-state index in [1.807, 2.05) is 42.9 Å². The van der Waals surface area contributed by atoms with Crippen LogP contribution in [0.4, 0.5) is 0 Å². The summed E-state index contributed by atoms with van der Waals surface area (Å²) < 4.78 is 6.23. The first kappa shape index (κ1) is 21.6. The Labute approximate surface area is 212 Å². The van der Waals surface area contributed by atoms with Gasteiger partial charge in [0.1, 0.15) is 17.0 Å². The van der Waals surface area contributed by atoms with Gasteiger partial charge >= 0.3 is 0 Å². The van der Waals surface area contributed by atoms with Crippen LogP contribution in [-0.4, -0.2) is 46.2 Å². The maximum absolute atomic E-state index is 6.23. The Morgan fingerprint density at radius 2 is 1.73 bits per heavy atom. The van der Waals surface area contributed by atoms with E-state index in [-0.39, 0.29) is 6.10 Å². The molecule has 182 valence electrons. The summed E-state index contributed by atoms with van der Waals surface area (Å²) >= 11 is 0. The van der Waals surface area contributed by atoms with Gasteiger partial charge in [0.25, 0.3) is 0 Å².